The number of halogens is 1. The minimum Gasteiger partial charge on any atom is -0.305 e. The Bertz CT molecular complexity index is 1330. The number of nitrogens with one attached hydrogen (secondary N) is 2. The molecule has 2 N–H and O–H groups in total. The van der Waals surface area contributed by atoms with Gasteiger partial charge in [0, 0.05) is 23.7 Å². The highest BCUT2D eigenvalue weighted by Crippen LogP contribution is 2.36. The zero-order valence-electron chi connectivity index (χ0n) is 17.8. The molecule has 31 heavy (non-hydrogen) atoms. The van der Waals surface area contributed by atoms with Gasteiger partial charge in [0.25, 0.3) is 0 Å². The Morgan fingerprint density at radius 1 is 1.13 bits per heavy atom. The van der Waals surface area contributed by atoms with Crippen LogP contribution >= 0.6 is 22.9 Å². The van der Waals surface area contributed by atoms with Gasteiger partial charge < -0.3 is 4.90 Å². The van der Waals surface area contributed by atoms with E-state index in [0.717, 1.165) is 27.3 Å². The third-order valence-corrected chi connectivity index (χ3v) is 6.52. The number of anilines is 2. The van der Waals surface area contributed by atoms with Crippen molar-refractivity contribution in [2.45, 2.75) is 26.2 Å². The first-order valence-corrected chi connectivity index (χ1v) is 11.0. The second-order valence-corrected chi connectivity index (χ2v) is 9.76. The van der Waals surface area contributed by atoms with E-state index >= 15 is 0 Å². The number of aromatic nitrogens is 3. The van der Waals surface area contributed by atoms with Crippen LogP contribution in [0.2, 0.25) is 5.02 Å². The van der Waals surface area contributed by atoms with Gasteiger partial charge >= 0.3 is 0 Å². The summed E-state index contributed by atoms with van der Waals surface area (Å²) < 4.78 is 1.39. The Morgan fingerprint density at radius 2 is 1.84 bits per heavy atom. The summed E-state index contributed by atoms with van der Waals surface area (Å²) in [6.45, 7) is 6.61. The molecular weight excluding hydrogens is 428 g/mol. The monoisotopic (exact) mass is 450 g/mol. The standard InChI is InChI=1S/C23H23ClN6S/c1-23(2,3)15-7-5-14(6-8-15)19-12-27-22(31-19)29(4)20-17-10-9-16(24)11-18(17)30(13-25)21(26)28-20/h5-13,25-26H,1-4H3. The van der Waals surface area contributed by atoms with Crippen LogP contribution in [0.15, 0.2) is 48.7 Å². The Kier molecular flexibility index (Phi) is 5.41. The molecule has 0 bridgehead atoms. The molecule has 158 valence electrons. The zero-order chi connectivity index (χ0) is 22.3. The van der Waals surface area contributed by atoms with Crippen LogP contribution in [-0.2, 0) is 5.41 Å². The van der Waals surface area contributed by atoms with E-state index in [4.69, 9.17) is 22.4 Å². The van der Waals surface area contributed by atoms with Gasteiger partial charge in [0.05, 0.1) is 16.7 Å². The van der Waals surface area contributed by atoms with Crippen LogP contribution in [0.4, 0.5) is 10.9 Å². The van der Waals surface area contributed by atoms with Gasteiger partial charge in [-0.1, -0.05) is 68.0 Å². The van der Waals surface area contributed by atoms with E-state index < -0.39 is 0 Å². The van der Waals surface area contributed by atoms with Crippen LogP contribution in [0.5, 0.6) is 0 Å². The number of hydrogen-bond donors (Lipinski definition) is 2. The van der Waals surface area contributed by atoms with Crippen LogP contribution < -0.4 is 10.5 Å². The third kappa shape index (κ3) is 3.98. The minimum atomic E-state index is -0.0406. The summed E-state index contributed by atoms with van der Waals surface area (Å²) in [5.74, 6) is 0.596. The smallest absolute Gasteiger partial charge is 0.229 e. The van der Waals surface area contributed by atoms with Crippen molar-refractivity contribution in [2.24, 2.45) is 0 Å². The molecule has 6 nitrogen and oxygen atoms in total. The Hall–Kier alpha value is -3.03. The fraction of sp³-hybridized carbons (Fsp3) is 0.217. The van der Waals surface area contributed by atoms with Crippen molar-refractivity contribution in [3.05, 3.63) is 64.9 Å². The highest BCUT2D eigenvalue weighted by atomic mass is 35.5. The number of thiazole rings is 1. The average molecular weight is 451 g/mol. The van der Waals surface area contributed by atoms with Crippen molar-refractivity contribution in [2.75, 3.05) is 11.9 Å². The van der Waals surface area contributed by atoms with Crippen LogP contribution in [0, 0.1) is 10.8 Å². The van der Waals surface area contributed by atoms with Crippen LogP contribution in [0.3, 0.4) is 0 Å². The van der Waals surface area contributed by atoms with E-state index in [2.05, 4.69) is 55.0 Å². The van der Waals surface area contributed by atoms with Gasteiger partial charge in [0.15, 0.2) is 5.13 Å². The molecule has 4 rings (SSSR count). The number of hydrogen-bond acceptors (Lipinski definition) is 6. The van der Waals surface area contributed by atoms with Crippen molar-refractivity contribution in [3.63, 3.8) is 0 Å². The molecule has 0 radical (unpaired) electrons. The van der Waals surface area contributed by atoms with Crippen LogP contribution in [-0.4, -0.2) is 27.9 Å². The molecule has 4 aromatic rings. The van der Waals surface area contributed by atoms with Gasteiger partial charge in [-0.3, -0.25) is 15.4 Å². The summed E-state index contributed by atoms with van der Waals surface area (Å²) in [6.07, 6.45) is 2.94. The van der Waals surface area contributed by atoms with Crippen LogP contribution in [0.1, 0.15) is 26.3 Å². The molecule has 0 saturated carbocycles. The minimum absolute atomic E-state index is 0.0406. The molecule has 0 unspecified atom stereocenters. The SMILES string of the molecule is CN(c1ncc(-c2ccc(C(C)(C)C)cc2)s1)c1nc(=N)n(C=N)c2cc(Cl)ccc12. The van der Waals surface area contributed by atoms with Gasteiger partial charge in [-0.2, -0.15) is 4.98 Å². The largest absolute Gasteiger partial charge is 0.305 e. The quantitative estimate of drug-likeness (QED) is 0.304. The summed E-state index contributed by atoms with van der Waals surface area (Å²) in [6, 6.07) is 14.0. The van der Waals surface area contributed by atoms with Gasteiger partial charge in [-0.15, -0.1) is 0 Å². The summed E-state index contributed by atoms with van der Waals surface area (Å²) in [7, 11) is 1.88. The Labute approximate surface area is 189 Å². The first kappa shape index (κ1) is 21.2. The molecule has 0 aliphatic rings. The van der Waals surface area contributed by atoms with Crippen molar-refractivity contribution < 1.29 is 0 Å². The molecule has 8 heteroatoms. The van der Waals surface area contributed by atoms with E-state index in [1.165, 1.54) is 10.1 Å². The Balaban J connectivity index is 1.74. The second kappa shape index (κ2) is 7.90. The van der Waals surface area contributed by atoms with Gasteiger partial charge in [0.1, 0.15) is 5.82 Å². The van der Waals surface area contributed by atoms with Crippen molar-refractivity contribution >= 4 is 51.1 Å². The summed E-state index contributed by atoms with van der Waals surface area (Å²) in [5, 5.41) is 18.0. The molecule has 2 aromatic heterocycles. The highest BCUT2D eigenvalue weighted by molar-refractivity contribution is 7.19. The van der Waals surface area contributed by atoms with Crippen molar-refractivity contribution in [1.82, 2.24) is 14.5 Å². The van der Waals surface area contributed by atoms with Gasteiger partial charge in [0.2, 0.25) is 5.62 Å². The van der Waals surface area contributed by atoms with Crippen LogP contribution in [0.25, 0.3) is 21.3 Å². The predicted octanol–water partition coefficient (Wildman–Crippen LogP) is 5.81. The molecule has 0 amide bonds. The molecule has 0 aliphatic heterocycles. The molecule has 0 atom stereocenters. The third-order valence-electron chi connectivity index (χ3n) is 5.16. The van der Waals surface area contributed by atoms with E-state index in [0.29, 0.717) is 16.4 Å². The van der Waals surface area contributed by atoms with Crippen molar-refractivity contribution in [1.29, 1.82) is 10.8 Å². The van der Waals surface area contributed by atoms with E-state index in [9.17, 15) is 0 Å². The second-order valence-electron chi connectivity index (χ2n) is 8.31. The maximum absolute atomic E-state index is 8.24. The first-order valence-electron chi connectivity index (χ1n) is 9.76. The Morgan fingerprint density at radius 3 is 2.48 bits per heavy atom. The lowest BCUT2D eigenvalue weighted by molar-refractivity contribution is 0.590. The average Bonchev–Trinajstić information content (AvgIpc) is 3.22. The lowest BCUT2D eigenvalue weighted by Gasteiger charge is -2.19. The predicted molar refractivity (Wildman–Crippen MR) is 129 cm³/mol. The van der Waals surface area contributed by atoms with E-state index in [1.807, 2.05) is 24.2 Å². The van der Waals surface area contributed by atoms with Crippen molar-refractivity contribution in [3.8, 4) is 10.4 Å². The maximum Gasteiger partial charge on any atom is 0.229 e. The topological polar surface area (TPSA) is 81.7 Å². The fourth-order valence-corrected chi connectivity index (χ4v) is 4.44. The number of nitrogens with zero attached hydrogens (tertiary/aromatic N) is 4. The first-order chi connectivity index (χ1) is 14.7. The molecule has 0 saturated heterocycles. The maximum atomic E-state index is 8.24. The van der Waals surface area contributed by atoms with E-state index in [-0.39, 0.29) is 11.0 Å². The molecular formula is C23H23ClN6S. The molecule has 0 fully saturated rings. The number of rotatable bonds is 4. The fourth-order valence-electron chi connectivity index (χ4n) is 3.39. The number of fused-ring (bicyclic) bond motifs is 1. The zero-order valence-corrected chi connectivity index (χ0v) is 19.3. The summed E-state index contributed by atoms with van der Waals surface area (Å²) in [5.41, 5.74) is 3.13. The van der Waals surface area contributed by atoms with E-state index in [1.54, 1.807) is 23.5 Å². The lowest BCUT2D eigenvalue weighted by atomic mass is 9.87. The normalized spacial score (nSPS) is 11.6. The molecule has 0 spiro atoms. The lowest BCUT2D eigenvalue weighted by Crippen LogP contribution is -2.26. The summed E-state index contributed by atoms with van der Waals surface area (Å²) in [4.78, 5) is 12.0. The molecule has 2 aromatic carbocycles. The number of benzene rings is 2. The highest BCUT2D eigenvalue weighted by Gasteiger charge is 2.18. The molecule has 0 aliphatic carbocycles. The molecule has 2 heterocycles. The van der Waals surface area contributed by atoms with Gasteiger partial charge in [-0.25, -0.2) is 4.98 Å². The summed E-state index contributed by atoms with van der Waals surface area (Å²) >= 11 is 7.73. The van der Waals surface area contributed by atoms with Gasteiger partial charge in [-0.05, 0) is 34.7 Å².